The van der Waals surface area contributed by atoms with Crippen molar-refractivity contribution in [1.82, 2.24) is 4.90 Å². The number of nitrogens with zero attached hydrogens (tertiary/aromatic N) is 1. The predicted octanol–water partition coefficient (Wildman–Crippen LogP) is 1.53. The molecule has 2 fully saturated rings. The van der Waals surface area contributed by atoms with Gasteiger partial charge in [0.2, 0.25) is 5.91 Å². The molecule has 0 aromatic carbocycles. The zero-order valence-corrected chi connectivity index (χ0v) is 11.5. The minimum atomic E-state index is -0.585. The molecule has 2 aliphatic rings. The van der Waals surface area contributed by atoms with Crippen molar-refractivity contribution in [3.8, 4) is 0 Å². The van der Waals surface area contributed by atoms with Crippen molar-refractivity contribution in [3.05, 3.63) is 0 Å². The lowest BCUT2D eigenvalue weighted by Crippen LogP contribution is -2.56. The van der Waals surface area contributed by atoms with E-state index in [0.717, 1.165) is 58.3 Å². The normalized spacial score (nSPS) is 24.8. The van der Waals surface area contributed by atoms with Crippen LogP contribution in [0.4, 0.5) is 0 Å². The van der Waals surface area contributed by atoms with Crippen molar-refractivity contribution in [1.29, 1.82) is 0 Å². The van der Waals surface area contributed by atoms with Gasteiger partial charge in [0.1, 0.15) is 0 Å². The molecule has 1 heterocycles. The quantitative estimate of drug-likeness (QED) is 0.831. The first-order chi connectivity index (χ1) is 8.62. The molecule has 4 nitrogen and oxygen atoms in total. The smallest absolute Gasteiger partial charge is 0.242 e. The van der Waals surface area contributed by atoms with Crippen LogP contribution in [0.2, 0.25) is 0 Å². The molecule has 1 aliphatic carbocycles. The van der Waals surface area contributed by atoms with Gasteiger partial charge in [-0.3, -0.25) is 4.79 Å². The van der Waals surface area contributed by atoms with Crippen LogP contribution in [-0.4, -0.2) is 43.2 Å². The summed E-state index contributed by atoms with van der Waals surface area (Å²) in [4.78, 5) is 14.3. The Labute approximate surface area is 110 Å². The van der Waals surface area contributed by atoms with E-state index >= 15 is 0 Å². The Kier molecular flexibility index (Phi) is 4.62. The number of ether oxygens (including phenoxy) is 1. The van der Waals surface area contributed by atoms with Gasteiger partial charge in [0, 0.05) is 26.8 Å². The van der Waals surface area contributed by atoms with Crippen LogP contribution in [0.25, 0.3) is 0 Å². The number of hydrogen-bond acceptors (Lipinski definition) is 3. The Balaban J connectivity index is 1.86. The first kappa shape index (κ1) is 13.8. The molecule has 4 heteroatoms. The van der Waals surface area contributed by atoms with E-state index in [0.29, 0.717) is 5.92 Å². The van der Waals surface area contributed by atoms with E-state index in [-0.39, 0.29) is 5.91 Å². The van der Waals surface area contributed by atoms with Crippen molar-refractivity contribution in [2.24, 2.45) is 11.7 Å². The van der Waals surface area contributed by atoms with Gasteiger partial charge in [-0.2, -0.15) is 0 Å². The third-order valence-electron chi connectivity index (χ3n) is 4.39. The maximum absolute atomic E-state index is 12.5. The highest BCUT2D eigenvalue weighted by Crippen LogP contribution is 2.28. The largest absolute Gasteiger partial charge is 0.381 e. The second kappa shape index (κ2) is 6.02. The van der Waals surface area contributed by atoms with E-state index in [1.807, 2.05) is 11.9 Å². The highest BCUT2D eigenvalue weighted by Gasteiger charge is 2.37. The number of carbonyl (C=O) groups excluding carboxylic acids is 1. The third kappa shape index (κ3) is 3.23. The summed E-state index contributed by atoms with van der Waals surface area (Å²) in [6.45, 7) is 2.50. The van der Waals surface area contributed by atoms with Gasteiger partial charge in [0.25, 0.3) is 0 Å². The van der Waals surface area contributed by atoms with Crippen LogP contribution in [0.3, 0.4) is 0 Å². The molecule has 0 radical (unpaired) electrons. The molecule has 104 valence electrons. The zero-order valence-electron chi connectivity index (χ0n) is 11.5. The summed E-state index contributed by atoms with van der Waals surface area (Å²) in [7, 11) is 1.90. The van der Waals surface area contributed by atoms with Gasteiger partial charge < -0.3 is 15.4 Å². The summed E-state index contributed by atoms with van der Waals surface area (Å²) in [5.74, 6) is 0.730. The zero-order chi connectivity index (χ0) is 13.0. The summed E-state index contributed by atoms with van der Waals surface area (Å²) in [5, 5.41) is 0. The highest BCUT2D eigenvalue weighted by molar-refractivity contribution is 5.86. The lowest BCUT2D eigenvalue weighted by Gasteiger charge is -2.37. The van der Waals surface area contributed by atoms with Crippen LogP contribution in [0.15, 0.2) is 0 Å². The SMILES string of the molecule is CN(CC1CCOCC1)C(=O)C1(N)CCCCC1. The van der Waals surface area contributed by atoms with Gasteiger partial charge >= 0.3 is 0 Å². The van der Waals surface area contributed by atoms with Crippen LogP contribution in [0.5, 0.6) is 0 Å². The lowest BCUT2D eigenvalue weighted by molar-refractivity contribution is -0.137. The van der Waals surface area contributed by atoms with Gasteiger partial charge in [-0.25, -0.2) is 0 Å². The molecule has 2 rings (SSSR count). The number of amides is 1. The van der Waals surface area contributed by atoms with Crippen LogP contribution >= 0.6 is 0 Å². The van der Waals surface area contributed by atoms with E-state index in [1.54, 1.807) is 0 Å². The Morgan fingerprint density at radius 3 is 2.50 bits per heavy atom. The topological polar surface area (TPSA) is 55.6 Å². The number of likely N-dealkylation sites (N-methyl/N-ethyl adjacent to an activating group) is 1. The summed E-state index contributed by atoms with van der Waals surface area (Å²) >= 11 is 0. The molecule has 0 unspecified atom stereocenters. The van der Waals surface area contributed by atoms with Gasteiger partial charge in [-0.05, 0) is 31.6 Å². The Morgan fingerprint density at radius 1 is 1.28 bits per heavy atom. The van der Waals surface area contributed by atoms with Gasteiger partial charge in [0.05, 0.1) is 5.54 Å². The maximum atomic E-state index is 12.5. The molecule has 0 atom stereocenters. The van der Waals surface area contributed by atoms with Gasteiger partial charge in [-0.1, -0.05) is 19.3 Å². The number of rotatable bonds is 3. The molecule has 1 aliphatic heterocycles. The monoisotopic (exact) mass is 254 g/mol. The van der Waals surface area contributed by atoms with E-state index < -0.39 is 5.54 Å². The standard InChI is InChI=1S/C14H26N2O2/c1-16(11-12-5-9-18-10-6-12)13(17)14(15)7-3-2-4-8-14/h12H,2-11,15H2,1H3. The number of carbonyl (C=O) groups is 1. The van der Waals surface area contributed by atoms with Crippen LogP contribution in [0.1, 0.15) is 44.9 Å². The van der Waals surface area contributed by atoms with Crippen molar-refractivity contribution in [2.75, 3.05) is 26.8 Å². The molecule has 1 saturated carbocycles. The summed E-state index contributed by atoms with van der Waals surface area (Å²) in [5.41, 5.74) is 5.71. The Hall–Kier alpha value is -0.610. The molecule has 18 heavy (non-hydrogen) atoms. The van der Waals surface area contributed by atoms with E-state index in [4.69, 9.17) is 10.5 Å². The maximum Gasteiger partial charge on any atom is 0.242 e. The highest BCUT2D eigenvalue weighted by atomic mass is 16.5. The molecule has 1 amide bonds. The van der Waals surface area contributed by atoms with Crippen LogP contribution in [-0.2, 0) is 9.53 Å². The fourth-order valence-electron chi connectivity index (χ4n) is 3.18. The van der Waals surface area contributed by atoms with Crippen LogP contribution < -0.4 is 5.73 Å². The van der Waals surface area contributed by atoms with E-state index in [1.165, 1.54) is 6.42 Å². The van der Waals surface area contributed by atoms with Crippen LogP contribution in [0, 0.1) is 5.92 Å². The molecule has 0 bridgehead atoms. The molecule has 0 aromatic rings. The molecule has 2 N–H and O–H groups in total. The third-order valence-corrected chi connectivity index (χ3v) is 4.39. The lowest BCUT2D eigenvalue weighted by atomic mass is 9.81. The first-order valence-electron chi connectivity index (χ1n) is 7.24. The first-order valence-corrected chi connectivity index (χ1v) is 7.24. The summed E-state index contributed by atoms with van der Waals surface area (Å²) in [6, 6.07) is 0. The fourth-order valence-corrected chi connectivity index (χ4v) is 3.18. The second-order valence-corrected chi connectivity index (χ2v) is 5.96. The van der Waals surface area contributed by atoms with Gasteiger partial charge in [0.15, 0.2) is 0 Å². The van der Waals surface area contributed by atoms with E-state index in [2.05, 4.69) is 0 Å². The van der Waals surface area contributed by atoms with Crippen molar-refractivity contribution < 1.29 is 9.53 Å². The minimum Gasteiger partial charge on any atom is -0.381 e. The second-order valence-electron chi connectivity index (χ2n) is 5.96. The predicted molar refractivity (Wildman–Crippen MR) is 71.2 cm³/mol. The molecule has 0 spiro atoms. The molecule has 0 aromatic heterocycles. The Bertz CT molecular complexity index is 282. The minimum absolute atomic E-state index is 0.147. The summed E-state index contributed by atoms with van der Waals surface area (Å²) < 4.78 is 5.35. The molecular formula is C14H26N2O2. The molecular weight excluding hydrogens is 228 g/mol. The van der Waals surface area contributed by atoms with Crippen molar-refractivity contribution in [3.63, 3.8) is 0 Å². The summed E-state index contributed by atoms with van der Waals surface area (Å²) in [6.07, 6.45) is 7.23. The Morgan fingerprint density at radius 2 is 1.89 bits per heavy atom. The fraction of sp³-hybridized carbons (Fsp3) is 0.929. The van der Waals surface area contributed by atoms with Crippen molar-refractivity contribution in [2.45, 2.75) is 50.5 Å². The van der Waals surface area contributed by atoms with Gasteiger partial charge in [-0.15, -0.1) is 0 Å². The molecule has 1 saturated heterocycles. The van der Waals surface area contributed by atoms with E-state index in [9.17, 15) is 4.79 Å². The average Bonchev–Trinajstić information content (AvgIpc) is 2.40. The van der Waals surface area contributed by atoms with Crippen molar-refractivity contribution >= 4 is 5.91 Å². The number of hydrogen-bond donors (Lipinski definition) is 1. The number of nitrogens with two attached hydrogens (primary N) is 1. The average molecular weight is 254 g/mol.